The third-order valence-electron chi connectivity index (χ3n) is 4.66. The number of sulfone groups is 1. The molecule has 3 amide bonds. The van der Waals surface area contributed by atoms with Crippen molar-refractivity contribution in [3.05, 3.63) is 53.5 Å². The summed E-state index contributed by atoms with van der Waals surface area (Å²) < 4.78 is 31.7. The number of nitrogens with one attached hydrogen (secondary N) is 1. The number of amides is 3. The predicted octanol–water partition coefficient (Wildman–Crippen LogP) is 2.65. The Morgan fingerprint density at radius 2 is 2.00 bits per heavy atom. The Balaban J connectivity index is 1.75. The van der Waals surface area contributed by atoms with E-state index in [0.717, 1.165) is 11.8 Å². The summed E-state index contributed by atoms with van der Waals surface area (Å²) >= 11 is 1.43. The van der Waals surface area contributed by atoms with Crippen molar-refractivity contribution >= 4 is 55.0 Å². The molecule has 2 aromatic carbocycles. The Morgan fingerprint density at radius 3 is 2.77 bits per heavy atom. The van der Waals surface area contributed by atoms with Crippen LogP contribution in [0.4, 0.5) is 10.5 Å². The highest BCUT2D eigenvalue weighted by atomic mass is 32.2. The van der Waals surface area contributed by atoms with Gasteiger partial charge in [0.2, 0.25) is 9.84 Å². The van der Waals surface area contributed by atoms with Crippen molar-refractivity contribution < 1.29 is 27.5 Å². The zero-order valence-corrected chi connectivity index (χ0v) is 17.2. The van der Waals surface area contributed by atoms with Crippen LogP contribution in [0.1, 0.15) is 16.8 Å². The molecule has 0 aliphatic carbocycles. The van der Waals surface area contributed by atoms with E-state index in [0.29, 0.717) is 16.1 Å². The number of urea groups is 1. The monoisotopic (exact) mass is 445 g/mol. The molecular formula is C19H15N3O6S2. The maximum absolute atomic E-state index is 13.1. The number of carbonyl (C=O) groups is 3. The lowest BCUT2D eigenvalue weighted by Gasteiger charge is -2.34. The smallest absolute Gasteiger partial charge is 0.330 e. The lowest BCUT2D eigenvalue weighted by molar-refractivity contribution is -0.141. The van der Waals surface area contributed by atoms with Gasteiger partial charge in [0, 0.05) is 5.69 Å². The van der Waals surface area contributed by atoms with Crippen molar-refractivity contribution in [3.63, 3.8) is 0 Å². The molecular weight excluding hydrogens is 430 g/mol. The van der Waals surface area contributed by atoms with Crippen molar-refractivity contribution in [1.82, 2.24) is 9.88 Å². The van der Waals surface area contributed by atoms with Gasteiger partial charge in [0.1, 0.15) is 0 Å². The third-order valence-corrected chi connectivity index (χ3v) is 7.53. The fourth-order valence-corrected chi connectivity index (χ4v) is 5.71. The molecule has 30 heavy (non-hydrogen) atoms. The van der Waals surface area contributed by atoms with Crippen molar-refractivity contribution in [2.75, 3.05) is 12.4 Å². The highest BCUT2D eigenvalue weighted by molar-refractivity contribution is 7.92. The van der Waals surface area contributed by atoms with Gasteiger partial charge in [-0.3, -0.25) is 9.59 Å². The zero-order valence-electron chi connectivity index (χ0n) is 15.6. The number of carbonyl (C=O) groups excluding carboxylic acids is 3. The predicted molar refractivity (Wildman–Crippen MR) is 109 cm³/mol. The molecule has 3 aromatic rings. The van der Waals surface area contributed by atoms with Gasteiger partial charge < -0.3 is 10.1 Å². The molecule has 1 N–H and O–H groups in total. The number of benzene rings is 2. The van der Waals surface area contributed by atoms with Gasteiger partial charge in [0.25, 0.3) is 5.91 Å². The molecule has 0 saturated carbocycles. The van der Waals surface area contributed by atoms with Crippen molar-refractivity contribution in [1.29, 1.82) is 0 Å². The van der Waals surface area contributed by atoms with E-state index in [2.05, 4.69) is 15.0 Å². The van der Waals surface area contributed by atoms with Crippen LogP contribution >= 0.6 is 11.3 Å². The molecule has 0 radical (unpaired) electrons. The van der Waals surface area contributed by atoms with Gasteiger partial charge >= 0.3 is 12.0 Å². The van der Waals surface area contributed by atoms with Crippen LogP contribution in [0.5, 0.6) is 0 Å². The van der Waals surface area contributed by atoms with E-state index < -0.39 is 39.5 Å². The largest absolute Gasteiger partial charge is 0.469 e. The van der Waals surface area contributed by atoms with Gasteiger partial charge in [-0.1, -0.05) is 12.1 Å². The maximum Gasteiger partial charge on any atom is 0.330 e. The molecule has 2 heterocycles. The lowest BCUT2D eigenvalue weighted by Crippen LogP contribution is -2.54. The van der Waals surface area contributed by atoms with Crippen LogP contribution in [0.2, 0.25) is 0 Å². The van der Waals surface area contributed by atoms with Crippen LogP contribution in [0.15, 0.2) is 52.9 Å². The standard InChI is InChI=1S/C19H15N3O6S2/c1-28-17(23)9-16-22(18(24)12-4-2-3-5-15(12)30(16,26)27)19(25)21-11-6-7-14-13(8-11)20-10-29-14/h2-8,10,16H,9H2,1H3,(H,21,25). The number of thiazole rings is 1. The topological polar surface area (TPSA) is 123 Å². The van der Waals surface area contributed by atoms with Crippen LogP contribution < -0.4 is 5.32 Å². The summed E-state index contributed by atoms with van der Waals surface area (Å²) in [4.78, 5) is 42.4. The number of aromatic nitrogens is 1. The molecule has 11 heteroatoms. The molecule has 4 rings (SSSR count). The number of esters is 1. The Hall–Kier alpha value is -3.31. The summed E-state index contributed by atoms with van der Waals surface area (Å²) in [6.45, 7) is 0. The van der Waals surface area contributed by atoms with Gasteiger partial charge in [-0.05, 0) is 30.3 Å². The zero-order chi connectivity index (χ0) is 21.5. The summed E-state index contributed by atoms with van der Waals surface area (Å²) in [6.07, 6.45) is -0.683. The average Bonchev–Trinajstić information content (AvgIpc) is 3.20. The lowest BCUT2D eigenvalue weighted by atomic mass is 10.2. The Kier molecular flexibility index (Phi) is 5.00. The fraction of sp³-hybridized carbons (Fsp3) is 0.158. The van der Waals surface area contributed by atoms with E-state index in [1.807, 2.05) is 0 Å². The van der Waals surface area contributed by atoms with Gasteiger partial charge in [-0.2, -0.15) is 0 Å². The SMILES string of the molecule is COC(=O)CC1N(C(=O)Nc2ccc3scnc3c2)C(=O)c2ccccc2S1(=O)=O. The van der Waals surface area contributed by atoms with Crippen LogP contribution in [-0.4, -0.2) is 48.7 Å². The van der Waals surface area contributed by atoms with E-state index in [1.165, 1.54) is 35.6 Å². The second-order valence-electron chi connectivity index (χ2n) is 6.42. The first-order valence-corrected chi connectivity index (χ1v) is 11.1. The molecule has 0 fully saturated rings. The molecule has 0 bridgehead atoms. The number of imide groups is 1. The average molecular weight is 445 g/mol. The molecule has 154 valence electrons. The van der Waals surface area contributed by atoms with E-state index in [4.69, 9.17) is 0 Å². The number of fused-ring (bicyclic) bond motifs is 2. The summed E-state index contributed by atoms with van der Waals surface area (Å²) in [5.74, 6) is -1.68. The highest BCUT2D eigenvalue weighted by Gasteiger charge is 2.47. The number of hydrogen-bond acceptors (Lipinski definition) is 8. The van der Waals surface area contributed by atoms with Crippen molar-refractivity contribution in [2.24, 2.45) is 0 Å². The van der Waals surface area contributed by atoms with Crippen LogP contribution in [0, 0.1) is 0 Å². The van der Waals surface area contributed by atoms with Gasteiger partial charge in [0.05, 0.1) is 39.7 Å². The Morgan fingerprint density at radius 1 is 1.23 bits per heavy atom. The van der Waals surface area contributed by atoms with Gasteiger partial charge in [0.15, 0.2) is 5.37 Å². The van der Waals surface area contributed by atoms with E-state index in [9.17, 15) is 22.8 Å². The van der Waals surface area contributed by atoms with Gasteiger partial charge in [-0.15, -0.1) is 11.3 Å². The summed E-state index contributed by atoms with van der Waals surface area (Å²) in [6, 6.07) is 9.57. The van der Waals surface area contributed by atoms with E-state index in [-0.39, 0.29) is 10.5 Å². The molecule has 0 saturated heterocycles. The first kappa shape index (κ1) is 20.0. The van der Waals surface area contributed by atoms with Crippen molar-refractivity contribution in [3.8, 4) is 0 Å². The van der Waals surface area contributed by atoms with Crippen LogP contribution in [0.3, 0.4) is 0 Å². The highest BCUT2D eigenvalue weighted by Crippen LogP contribution is 2.33. The number of hydrogen-bond donors (Lipinski definition) is 1. The van der Waals surface area contributed by atoms with Crippen LogP contribution in [0.25, 0.3) is 10.2 Å². The molecule has 1 unspecified atom stereocenters. The maximum atomic E-state index is 13.1. The van der Waals surface area contributed by atoms with Crippen molar-refractivity contribution in [2.45, 2.75) is 16.7 Å². The Labute approximate surface area is 175 Å². The summed E-state index contributed by atoms with van der Waals surface area (Å²) in [7, 11) is -3.10. The number of anilines is 1. The van der Waals surface area contributed by atoms with Crippen LogP contribution in [-0.2, 0) is 19.4 Å². The minimum atomic E-state index is -4.20. The second-order valence-corrected chi connectivity index (χ2v) is 9.38. The van der Waals surface area contributed by atoms with E-state index >= 15 is 0 Å². The molecule has 1 aliphatic heterocycles. The number of methoxy groups -OCH3 is 1. The number of nitrogens with zero attached hydrogens (tertiary/aromatic N) is 2. The summed E-state index contributed by atoms with van der Waals surface area (Å²) in [5, 5.41) is 0.802. The fourth-order valence-electron chi connectivity index (χ4n) is 3.21. The minimum Gasteiger partial charge on any atom is -0.469 e. The summed E-state index contributed by atoms with van der Waals surface area (Å²) in [5.41, 5.74) is 2.50. The van der Waals surface area contributed by atoms with Gasteiger partial charge in [-0.25, -0.2) is 23.1 Å². The molecule has 0 spiro atoms. The first-order chi connectivity index (χ1) is 14.3. The quantitative estimate of drug-likeness (QED) is 0.615. The normalized spacial score (nSPS) is 17.4. The molecule has 1 aromatic heterocycles. The number of ether oxygens (including phenoxy) is 1. The third kappa shape index (κ3) is 3.31. The molecule has 1 aliphatic rings. The second kappa shape index (κ2) is 7.50. The Bertz CT molecular complexity index is 1280. The molecule has 1 atom stereocenters. The minimum absolute atomic E-state index is 0.135. The number of rotatable bonds is 3. The first-order valence-electron chi connectivity index (χ1n) is 8.70. The van der Waals surface area contributed by atoms with E-state index in [1.54, 1.807) is 23.7 Å². The molecule has 9 nitrogen and oxygen atoms in total.